The average molecular weight is 337 g/mol. The van der Waals surface area contributed by atoms with Crippen LogP contribution in [0.1, 0.15) is 24.2 Å². The van der Waals surface area contributed by atoms with Crippen molar-refractivity contribution < 1.29 is 13.6 Å². The SMILES string of the molecule is Cc1nn(C)cc1[C@H](C)NC(=O)Nc1cc(F)c(N(C)C)c(F)c1. The number of nitrogens with one attached hydrogen (secondary N) is 2. The Bertz CT molecular complexity index is 734. The van der Waals surface area contributed by atoms with E-state index in [1.165, 1.54) is 4.90 Å². The zero-order valence-electron chi connectivity index (χ0n) is 14.3. The molecular formula is C16H21F2N5O. The second kappa shape index (κ2) is 6.86. The minimum absolute atomic E-state index is 0.0446. The molecule has 6 nitrogen and oxygen atoms in total. The van der Waals surface area contributed by atoms with E-state index in [0.717, 1.165) is 23.4 Å². The molecule has 0 bridgehead atoms. The van der Waals surface area contributed by atoms with E-state index >= 15 is 0 Å². The molecule has 0 unspecified atom stereocenters. The molecule has 2 rings (SSSR count). The van der Waals surface area contributed by atoms with Gasteiger partial charge >= 0.3 is 6.03 Å². The van der Waals surface area contributed by atoms with Gasteiger partial charge < -0.3 is 15.5 Å². The number of carbonyl (C=O) groups excluding carboxylic acids is 1. The summed E-state index contributed by atoms with van der Waals surface area (Å²) in [6.45, 7) is 3.65. The number of carbonyl (C=O) groups is 1. The van der Waals surface area contributed by atoms with Crippen molar-refractivity contribution in [1.82, 2.24) is 15.1 Å². The van der Waals surface area contributed by atoms with E-state index in [9.17, 15) is 13.6 Å². The molecule has 0 saturated heterocycles. The number of hydrogen-bond donors (Lipinski definition) is 2. The van der Waals surface area contributed by atoms with Gasteiger partial charge in [-0.05, 0) is 26.0 Å². The van der Waals surface area contributed by atoms with E-state index in [1.807, 2.05) is 13.1 Å². The van der Waals surface area contributed by atoms with E-state index in [2.05, 4.69) is 15.7 Å². The van der Waals surface area contributed by atoms with Crippen molar-refractivity contribution in [3.05, 3.63) is 41.2 Å². The molecule has 0 radical (unpaired) electrons. The highest BCUT2D eigenvalue weighted by atomic mass is 19.1. The molecule has 1 aromatic carbocycles. The monoisotopic (exact) mass is 337 g/mol. The maximum atomic E-state index is 13.9. The number of halogens is 2. The van der Waals surface area contributed by atoms with Crippen LogP contribution < -0.4 is 15.5 Å². The van der Waals surface area contributed by atoms with Crippen LogP contribution in [0.25, 0.3) is 0 Å². The van der Waals surface area contributed by atoms with Crippen molar-refractivity contribution in [3.8, 4) is 0 Å². The summed E-state index contributed by atoms with van der Waals surface area (Å²) in [7, 11) is 4.87. The molecule has 2 N–H and O–H groups in total. The Morgan fingerprint density at radius 3 is 2.33 bits per heavy atom. The molecule has 130 valence electrons. The Hall–Kier alpha value is -2.64. The highest BCUT2D eigenvalue weighted by Crippen LogP contribution is 2.25. The van der Waals surface area contributed by atoms with Gasteiger partial charge in [0.15, 0.2) is 11.6 Å². The van der Waals surface area contributed by atoms with Gasteiger partial charge in [-0.3, -0.25) is 4.68 Å². The van der Waals surface area contributed by atoms with Crippen molar-refractivity contribution in [3.63, 3.8) is 0 Å². The van der Waals surface area contributed by atoms with Crippen LogP contribution in [0.2, 0.25) is 0 Å². The second-order valence-electron chi connectivity index (χ2n) is 5.85. The van der Waals surface area contributed by atoms with E-state index in [0.29, 0.717) is 0 Å². The summed E-state index contributed by atoms with van der Waals surface area (Å²) in [5.74, 6) is -1.49. The topological polar surface area (TPSA) is 62.2 Å². The summed E-state index contributed by atoms with van der Waals surface area (Å²) in [4.78, 5) is 13.4. The first-order chi connectivity index (χ1) is 11.2. The van der Waals surface area contributed by atoms with Crippen molar-refractivity contribution >= 4 is 17.4 Å². The molecule has 1 aromatic heterocycles. The van der Waals surface area contributed by atoms with Crippen molar-refractivity contribution in [2.24, 2.45) is 7.05 Å². The number of nitrogens with zero attached hydrogens (tertiary/aromatic N) is 3. The predicted molar refractivity (Wildman–Crippen MR) is 89.2 cm³/mol. The Balaban J connectivity index is 2.09. The lowest BCUT2D eigenvalue weighted by Gasteiger charge is -2.17. The van der Waals surface area contributed by atoms with Crippen molar-refractivity contribution in [2.45, 2.75) is 19.9 Å². The summed E-state index contributed by atoms with van der Waals surface area (Å²) >= 11 is 0. The van der Waals surface area contributed by atoms with E-state index in [1.54, 1.807) is 32.7 Å². The zero-order chi connectivity index (χ0) is 18.0. The number of anilines is 2. The smallest absolute Gasteiger partial charge is 0.319 e. The number of benzene rings is 1. The first-order valence-corrected chi connectivity index (χ1v) is 7.43. The highest BCUT2D eigenvalue weighted by molar-refractivity contribution is 5.89. The van der Waals surface area contributed by atoms with Crippen molar-refractivity contribution in [1.29, 1.82) is 0 Å². The molecule has 2 aromatic rings. The maximum absolute atomic E-state index is 13.9. The lowest BCUT2D eigenvalue weighted by atomic mass is 10.1. The molecule has 1 atom stereocenters. The van der Waals surface area contributed by atoms with Crippen LogP contribution in [-0.2, 0) is 7.05 Å². The van der Waals surface area contributed by atoms with Gasteiger partial charge in [0.05, 0.1) is 11.7 Å². The van der Waals surface area contributed by atoms with Crippen LogP contribution >= 0.6 is 0 Å². The fourth-order valence-electron chi connectivity index (χ4n) is 2.55. The number of aromatic nitrogens is 2. The van der Waals surface area contributed by atoms with Gasteiger partial charge in [0.1, 0.15) is 5.69 Å². The molecule has 0 aliphatic rings. The number of urea groups is 1. The fourth-order valence-corrected chi connectivity index (χ4v) is 2.55. The van der Waals surface area contributed by atoms with Gasteiger partial charge in [-0.25, -0.2) is 13.6 Å². The van der Waals surface area contributed by atoms with Gasteiger partial charge in [-0.15, -0.1) is 0 Å². The number of hydrogen-bond acceptors (Lipinski definition) is 3. The van der Waals surface area contributed by atoms with E-state index in [-0.39, 0.29) is 17.4 Å². The lowest BCUT2D eigenvalue weighted by molar-refractivity contribution is 0.249. The number of aryl methyl sites for hydroxylation is 2. The van der Waals surface area contributed by atoms with Crippen molar-refractivity contribution in [2.75, 3.05) is 24.3 Å². The Kier molecular flexibility index (Phi) is 5.06. The quantitative estimate of drug-likeness (QED) is 0.902. The van der Waals surface area contributed by atoms with Crippen LogP contribution in [0, 0.1) is 18.6 Å². The summed E-state index contributed by atoms with van der Waals surface area (Å²) in [5, 5.41) is 9.37. The molecule has 0 saturated carbocycles. The molecule has 0 aliphatic carbocycles. The molecule has 0 spiro atoms. The van der Waals surface area contributed by atoms with Gasteiger partial charge in [0.25, 0.3) is 0 Å². The molecule has 8 heteroatoms. The van der Waals surface area contributed by atoms with Gasteiger partial charge in [-0.2, -0.15) is 5.10 Å². The predicted octanol–water partition coefficient (Wildman–Crippen LogP) is 2.96. The highest BCUT2D eigenvalue weighted by Gasteiger charge is 2.17. The van der Waals surface area contributed by atoms with Gasteiger partial charge in [0, 0.05) is 38.6 Å². The van der Waals surface area contributed by atoms with Crippen LogP contribution in [0.15, 0.2) is 18.3 Å². The largest absolute Gasteiger partial charge is 0.373 e. The molecule has 24 heavy (non-hydrogen) atoms. The average Bonchev–Trinajstić information content (AvgIpc) is 2.76. The Morgan fingerprint density at radius 2 is 1.88 bits per heavy atom. The second-order valence-corrected chi connectivity index (χ2v) is 5.85. The zero-order valence-corrected chi connectivity index (χ0v) is 14.3. The summed E-state index contributed by atoms with van der Waals surface area (Å²) in [6.07, 6.45) is 1.81. The van der Waals surface area contributed by atoms with Crippen LogP contribution in [0.5, 0.6) is 0 Å². The summed E-state index contributed by atoms with van der Waals surface area (Å²) in [6, 6.07) is 1.31. The number of amides is 2. The summed E-state index contributed by atoms with van der Waals surface area (Å²) < 4.78 is 29.5. The molecule has 0 fully saturated rings. The van der Waals surface area contributed by atoms with Crippen LogP contribution in [-0.4, -0.2) is 29.9 Å². The summed E-state index contributed by atoms with van der Waals surface area (Å²) in [5.41, 5.74) is 1.56. The standard InChI is InChI=1S/C16H21F2N5O/c1-9(12-8-23(5)21-10(12)2)19-16(24)20-11-6-13(17)15(22(3)4)14(18)7-11/h6-9H,1-5H3,(H2,19,20,24)/t9-/m0/s1. The maximum Gasteiger partial charge on any atom is 0.319 e. The number of rotatable bonds is 4. The van der Waals surface area contributed by atoms with Gasteiger partial charge in [-0.1, -0.05) is 0 Å². The normalized spacial score (nSPS) is 12.0. The van der Waals surface area contributed by atoms with E-state index < -0.39 is 17.7 Å². The molecular weight excluding hydrogens is 316 g/mol. The van der Waals surface area contributed by atoms with Crippen LogP contribution in [0.4, 0.5) is 25.0 Å². The first kappa shape index (κ1) is 17.7. The third-order valence-corrected chi connectivity index (χ3v) is 3.59. The Morgan fingerprint density at radius 1 is 1.29 bits per heavy atom. The third-order valence-electron chi connectivity index (χ3n) is 3.59. The minimum atomic E-state index is -0.744. The van der Waals surface area contributed by atoms with Gasteiger partial charge in [0.2, 0.25) is 0 Å². The van der Waals surface area contributed by atoms with E-state index in [4.69, 9.17) is 0 Å². The van der Waals surface area contributed by atoms with Crippen LogP contribution in [0.3, 0.4) is 0 Å². The minimum Gasteiger partial charge on any atom is -0.373 e. The lowest BCUT2D eigenvalue weighted by Crippen LogP contribution is -2.31. The molecule has 1 heterocycles. The molecule has 2 amide bonds. The Labute approximate surface area is 139 Å². The molecule has 0 aliphatic heterocycles. The first-order valence-electron chi connectivity index (χ1n) is 7.43. The fraction of sp³-hybridized carbons (Fsp3) is 0.375. The third kappa shape index (κ3) is 3.81.